The monoisotopic (exact) mass is 388 g/mol. The number of alkyl halides is 1. The third-order valence-electron chi connectivity index (χ3n) is 4.79. The molecular formula is C21H25FN2O4. The molecule has 1 amide bonds. The normalized spacial score (nSPS) is 14.1. The van der Waals surface area contributed by atoms with E-state index in [2.05, 4.69) is 4.90 Å². The Hall–Kier alpha value is -2.64. The molecular weight excluding hydrogens is 363 g/mol. The molecule has 0 aromatic heterocycles. The highest BCUT2D eigenvalue weighted by Gasteiger charge is 2.21. The quantitative estimate of drug-likeness (QED) is 0.562. The number of ether oxygens (including phenoxy) is 2. The fourth-order valence-corrected chi connectivity index (χ4v) is 3.57. The van der Waals surface area contributed by atoms with Gasteiger partial charge in [0.25, 0.3) is 5.91 Å². The van der Waals surface area contributed by atoms with E-state index in [9.17, 15) is 9.18 Å². The van der Waals surface area contributed by atoms with E-state index in [1.807, 2.05) is 31.2 Å². The molecule has 0 bridgehead atoms. The Morgan fingerprint density at radius 3 is 2.89 bits per heavy atom. The van der Waals surface area contributed by atoms with Crippen LogP contribution in [0.15, 0.2) is 36.4 Å². The van der Waals surface area contributed by atoms with Crippen LogP contribution in [0.25, 0.3) is 0 Å². The van der Waals surface area contributed by atoms with Crippen LogP contribution in [0.1, 0.15) is 40.4 Å². The van der Waals surface area contributed by atoms with Crippen molar-refractivity contribution < 1.29 is 23.9 Å². The first kappa shape index (κ1) is 20.1. The molecule has 0 saturated carbocycles. The van der Waals surface area contributed by atoms with Crippen LogP contribution in [0.2, 0.25) is 0 Å². The van der Waals surface area contributed by atoms with E-state index >= 15 is 0 Å². The van der Waals surface area contributed by atoms with Gasteiger partial charge in [0.1, 0.15) is 11.5 Å². The van der Waals surface area contributed by atoms with Gasteiger partial charge in [0.2, 0.25) is 6.86 Å². The molecule has 0 radical (unpaired) electrons. The van der Waals surface area contributed by atoms with Gasteiger partial charge in [0.05, 0.1) is 6.61 Å². The molecule has 0 atom stereocenters. The minimum Gasteiger partial charge on any atom is -0.494 e. The van der Waals surface area contributed by atoms with Gasteiger partial charge in [0, 0.05) is 24.2 Å². The van der Waals surface area contributed by atoms with Crippen molar-refractivity contribution >= 4 is 5.91 Å². The third kappa shape index (κ3) is 4.79. The van der Waals surface area contributed by atoms with Gasteiger partial charge in [0.15, 0.2) is 0 Å². The molecule has 0 spiro atoms. The zero-order valence-corrected chi connectivity index (χ0v) is 15.9. The molecule has 2 aromatic rings. The van der Waals surface area contributed by atoms with Crippen LogP contribution < -0.4 is 15.0 Å². The number of nitrogens with one attached hydrogen (secondary N) is 1. The van der Waals surface area contributed by atoms with Gasteiger partial charge in [-0.2, -0.15) is 0 Å². The maximum Gasteiger partial charge on any atom is 0.274 e. The van der Waals surface area contributed by atoms with Gasteiger partial charge in [-0.05, 0) is 61.7 Å². The number of aryl methyl sites for hydroxylation is 1. The van der Waals surface area contributed by atoms with E-state index in [4.69, 9.17) is 14.7 Å². The molecule has 6 nitrogen and oxygen atoms in total. The average Bonchev–Trinajstić information content (AvgIpc) is 2.90. The SMILES string of the molecule is CCOc1cc(C(=O)NO)cc2c1CN(Cc1cccc(OCF)c1)CCC2. The van der Waals surface area contributed by atoms with Crippen molar-refractivity contribution in [1.29, 1.82) is 0 Å². The molecule has 7 heteroatoms. The number of fused-ring (bicyclic) bond motifs is 1. The van der Waals surface area contributed by atoms with Gasteiger partial charge in [-0.3, -0.25) is 14.9 Å². The van der Waals surface area contributed by atoms with Crippen molar-refractivity contribution in [2.75, 3.05) is 20.0 Å². The van der Waals surface area contributed by atoms with Crippen LogP contribution in [-0.4, -0.2) is 36.0 Å². The first-order valence-corrected chi connectivity index (χ1v) is 9.37. The zero-order valence-electron chi connectivity index (χ0n) is 15.9. The number of benzene rings is 2. The maximum absolute atomic E-state index is 12.4. The van der Waals surface area contributed by atoms with Crippen LogP contribution in [0.3, 0.4) is 0 Å². The second-order valence-corrected chi connectivity index (χ2v) is 6.70. The lowest BCUT2D eigenvalue weighted by Crippen LogP contribution is -2.23. The summed E-state index contributed by atoms with van der Waals surface area (Å²) in [6, 6.07) is 10.9. The zero-order chi connectivity index (χ0) is 19.9. The highest BCUT2D eigenvalue weighted by molar-refractivity contribution is 5.94. The van der Waals surface area contributed by atoms with Crippen molar-refractivity contribution in [3.05, 3.63) is 58.7 Å². The van der Waals surface area contributed by atoms with E-state index < -0.39 is 12.8 Å². The highest BCUT2D eigenvalue weighted by Crippen LogP contribution is 2.31. The van der Waals surface area contributed by atoms with E-state index in [0.29, 0.717) is 36.8 Å². The maximum atomic E-state index is 12.4. The number of nitrogens with zero attached hydrogens (tertiary/aromatic N) is 1. The Balaban J connectivity index is 1.85. The Labute approximate surface area is 163 Å². The van der Waals surface area contributed by atoms with Crippen molar-refractivity contribution in [2.45, 2.75) is 32.9 Å². The van der Waals surface area contributed by atoms with Crippen LogP contribution >= 0.6 is 0 Å². The summed E-state index contributed by atoms with van der Waals surface area (Å²) in [5.74, 6) is 0.638. The summed E-state index contributed by atoms with van der Waals surface area (Å²) in [6.07, 6.45) is 1.76. The average molecular weight is 388 g/mol. The number of carbonyl (C=O) groups excluding carboxylic acids is 1. The highest BCUT2D eigenvalue weighted by atomic mass is 19.1. The smallest absolute Gasteiger partial charge is 0.274 e. The fourth-order valence-electron chi connectivity index (χ4n) is 3.57. The summed E-state index contributed by atoms with van der Waals surface area (Å²) in [6.45, 7) is 3.81. The number of hydroxylamine groups is 1. The number of rotatable bonds is 7. The number of amides is 1. The molecule has 2 aromatic carbocycles. The lowest BCUT2D eigenvalue weighted by Gasteiger charge is -2.22. The summed E-state index contributed by atoms with van der Waals surface area (Å²) in [7, 11) is 0. The molecule has 3 rings (SSSR count). The molecule has 1 aliphatic rings. The van der Waals surface area contributed by atoms with E-state index in [-0.39, 0.29) is 0 Å². The Morgan fingerprint density at radius 2 is 2.14 bits per heavy atom. The Morgan fingerprint density at radius 1 is 1.29 bits per heavy atom. The van der Waals surface area contributed by atoms with Crippen molar-refractivity contribution in [3.63, 3.8) is 0 Å². The summed E-state index contributed by atoms with van der Waals surface area (Å²) in [4.78, 5) is 14.2. The van der Waals surface area contributed by atoms with Crippen molar-refractivity contribution in [3.8, 4) is 11.5 Å². The molecule has 1 heterocycles. The number of hydrogen-bond donors (Lipinski definition) is 2. The summed E-state index contributed by atoms with van der Waals surface area (Å²) < 4.78 is 23.2. The fraction of sp³-hybridized carbons (Fsp3) is 0.381. The van der Waals surface area contributed by atoms with Crippen LogP contribution in [0.4, 0.5) is 4.39 Å². The number of hydrogen-bond acceptors (Lipinski definition) is 5. The number of halogens is 1. The van der Waals surface area contributed by atoms with Crippen molar-refractivity contribution in [2.24, 2.45) is 0 Å². The third-order valence-corrected chi connectivity index (χ3v) is 4.79. The first-order chi connectivity index (χ1) is 13.6. The van der Waals surface area contributed by atoms with E-state index in [1.54, 1.807) is 17.6 Å². The molecule has 150 valence electrons. The summed E-state index contributed by atoms with van der Waals surface area (Å²) in [5, 5.41) is 8.95. The minimum atomic E-state index is -0.845. The molecule has 0 aliphatic carbocycles. The summed E-state index contributed by atoms with van der Waals surface area (Å²) >= 11 is 0. The Kier molecular flexibility index (Phi) is 6.84. The lowest BCUT2D eigenvalue weighted by molar-refractivity contribution is 0.0705. The van der Waals surface area contributed by atoms with Gasteiger partial charge < -0.3 is 9.47 Å². The van der Waals surface area contributed by atoms with Gasteiger partial charge >= 0.3 is 0 Å². The first-order valence-electron chi connectivity index (χ1n) is 9.37. The Bertz CT molecular complexity index is 828. The lowest BCUT2D eigenvalue weighted by atomic mass is 9.99. The van der Waals surface area contributed by atoms with Crippen LogP contribution in [-0.2, 0) is 19.5 Å². The standard InChI is InChI=1S/C21H25FN2O4/c1-2-27-20-11-17(21(25)23-26)10-16-6-4-8-24(13-19(16)20)12-15-5-3-7-18(9-15)28-14-22/h3,5,7,9-11,26H,2,4,6,8,12-14H2,1H3,(H,23,25). The molecule has 0 saturated heterocycles. The molecule has 0 fully saturated rings. The number of carbonyl (C=O) groups is 1. The van der Waals surface area contributed by atoms with Crippen molar-refractivity contribution in [1.82, 2.24) is 10.4 Å². The van der Waals surface area contributed by atoms with E-state index in [1.165, 1.54) is 0 Å². The van der Waals surface area contributed by atoms with Crippen LogP contribution in [0, 0.1) is 0 Å². The largest absolute Gasteiger partial charge is 0.494 e. The van der Waals surface area contributed by atoms with Crippen LogP contribution in [0.5, 0.6) is 11.5 Å². The summed E-state index contributed by atoms with van der Waals surface area (Å²) in [5.41, 5.74) is 5.23. The minimum absolute atomic E-state index is 0.384. The molecule has 28 heavy (non-hydrogen) atoms. The molecule has 0 unspecified atom stereocenters. The molecule has 2 N–H and O–H groups in total. The van der Waals surface area contributed by atoms with Gasteiger partial charge in [-0.1, -0.05) is 12.1 Å². The molecule has 1 aliphatic heterocycles. The predicted octanol–water partition coefficient (Wildman–Crippen LogP) is 3.46. The predicted molar refractivity (Wildman–Crippen MR) is 102 cm³/mol. The van der Waals surface area contributed by atoms with Gasteiger partial charge in [-0.15, -0.1) is 0 Å². The topological polar surface area (TPSA) is 71.0 Å². The second kappa shape index (κ2) is 9.52. The van der Waals surface area contributed by atoms with E-state index in [0.717, 1.165) is 36.1 Å². The van der Waals surface area contributed by atoms with Gasteiger partial charge in [-0.25, -0.2) is 9.87 Å². The second-order valence-electron chi connectivity index (χ2n) is 6.70.